The standard InChI is InChI=1S/C12H8ClFOS/c1-7-4-8(6-9(14)5-7)12(15)10-2-3-11(13)16-10/h2-6H,1H3. The molecule has 0 saturated carbocycles. The second-order valence-corrected chi connectivity index (χ2v) is 5.17. The molecule has 0 aliphatic heterocycles. The van der Waals surface area contributed by atoms with E-state index in [-0.39, 0.29) is 5.78 Å². The summed E-state index contributed by atoms with van der Waals surface area (Å²) in [7, 11) is 0. The quantitative estimate of drug-likeness (QED) is 0.738. The van der Waals surface area contributed by atoms with E-state index in [1.807, 2.05) is 0 Å². The summed E-state index contributed by atoms with van der Waals surface area (Å²) in [6.07, 6.45) is 0. The third-order valence-electron chi connectivity index (χ3n) is 2.10. The molecule has 1 nitrogen and oxygen atoms in total. The van der Waals surface area contributed by atoms with Crippen LogP contribution in [0, 0.1) is 12.7 Å². The Bertz CT molecular complexity index is 527. The highest BCUT2D eigenvalue weighted by molar-refractivity contribution is 7.18. The maximum atomic E-state index is 13.1. The number of carbonyl (C=O) groups excluding carboxylic acids is 1. The maximum Gasteiger partial charge on any atom is 0.203 e. The molecule has 82 valence electrons. The van der Waals surface area contributed by atoms with E-state index in [4.69, 9.17) is 11.6 Å². The molecule has 1 aromatic heterocycles. The van der Waals surface area contributed by atoms with E-state index >= 15 is 0 Å². The van der Waals surface area contributed by atoms with Crippen molar-refractivity contribution in [1.29, 1.82) is 0 Å². The second-order valence-electron chi connectivity index (χ2n) is 3.45. The van der Waals surface area contributed by atoms with Crippen LogP contribution in [0.4, 0.5) is 4.39 Å². The number of halogens is 2. The van der Waals surface area contributed by atoms with Gasteiger partial charge >= 0.3 is 0 Å². The van der Waals surface area contributed by atoms with Crippen molar-refractivity contribution in [3.05, 3.63) is 56.5 Å². The predicted octanol–water partition coefficient (Wildman–Crippen LogP) is 4.08. The molecule has 0 bridgehead atoms. The van der Waals surface area contributed by atoms with Crippen LogP contribution in [0.2, 0.25) is 4.34 Å². The predicted molar refractivity (Wildman–Crippen MR) is 63.9 cm³/mol. The topological polar surface area (TPSA) is 17.1 Å². The molecule has 0 fully saturated rings. The Morgan fingerprint density at radius 3 is 2.62 bits per heavy atom. The van der Waals surface area contributed by atoms with Gasteiger partial charge in [-0.05, 0) is 42.8 Å². The fourth-order valence-corrected chi connectivity index (χ4v) is 2.45. The van der Waals surface area contributed by atoms with Gasteiger partial charge in [0.05, 0.1) is 9.21 Å². The number of ketones is 1. The van der Waals surface area contributed by atoms with E-state index in [1.165, 1.54) is 23.5 Å². The highest BCUT2D eigenvalue weighted by Gasteiger charge is 2.12. The van der Waals surface area contributed by atoms with Gasteiger partial charge in [-0.15, -0.1) is 11.3 Å². The first-order valence-electron chi connectivity index (χ1n) is 4.63. The summed E-state index contributed by atoms with van der Waals surface area (Å²) in [5.41, 5.74) is 1.09. The van der Waals surface area contributed by atoms with Crippen LogP contribution in [0.1, 0.15) is 20.8 Å². The van der Waals surface area contributed by atoms with Crippen LogP contribution in [0.5, 0.6) is 0 Å². The number of hydrogen-bond acceptors (Lipinski definition) is 2. The SMILES string of the molecule is Cc1cc(F)cc(C(=O)c2ccc(Cl)s2)c1. The Morgan fingerprint density at radius 1 is 1.31 bits per heavy atom. The smallest absolute Gasteiger partial charge is 0.203 e. The van der Waals surface area contributed by atoms with Crippen molar-refractivity contribution in [2.45, 2.75) is 6.92 Å². The number of thiophene rings is 1. The molecule has 0 saturated heterocycles. The van der Waals surface area contributed by atoms with Gasteiger partial charge in [0.2, 0.25) is 5.78 Å². The van der Waals surface area contributed by atoms with Gasteiger partial charge in [-0.1, -0.05) is 11.6 Å². The van der Waals surface area contributed by atoms with E-state index in [0.717, 1.165) is 5.56 Å². The first kappa shape index (κ1) is 11.3. The van der Waals surface area contributed by atoms with Gasteiger partial charge in [0.25, 0.3) is 0 Å². The van der Waals surface area contributed by atoms with Gasteiger partial charge in [0.1, 0.15) is 5.82 Å². The molecule has 0 aliphatic carbocycles. The lowest BCUT2D eigenvalue weighted by Crippen LogP contribution is -1.99. The number of rotatable bonds is 2. The average molecular weight is 255 g/mol. The molecule has 0 spiro atoms. The minimum atomic E-state index is -0.397. The fraction of sp³-hybridized carbons (Fsp3) is 0.0833. The van der Waals surface area contributed by atoms with Crippen molar-refractivity contribution in [3.8, 4) is 0 Å². The maximum absolute atomic E-state index is 13.1. The summed E-state index contributed by atoms with van der Waals surface area (Å²) >= 11 is 6.94. The van der Waals surface area contributed by atoms with E-state index in [2.05, 4.69) is 0 Å². The van der Waals surface area contributed by atoms with Gasteiger partial charge < -0.3 is 0 Å². The minimum absolute atomic E-state index is 0.195. The lowest BCUT2D eigenvalue weighted by molar-refractivity contribution is 0.104. The number of carbonyl (C=O) groups is 1. The first-order chi connectivity index (χ1) is 7.56. The first-order valence-corrected chi connectivity index (χ1v) is 5.83. The number of hydrogen-bond donors (Lipinski definition) is 0. The van der Waals surface area contributed by atoms with Gasteiger partial charge in [0, 0.05) is 5.56 Å². The highest BCUT2D eigenvalue weighted by Crippen LogP contribution is 2.24. The monoisotopic (exact) mass is 254 g/mol. The van der Waals surface area contributed by atoms with Crippen molar-refractivity contribution < 1.29 is 9.18 Å². The largest absolute Gasteiger partial charge is 0.288 e. The van der Waals surface area contributed by atoms with E-state index in [0.29, 0.717) is 14.8 Å². The van der Waals surface area contributed by atoms with Crippen LogP contribution in [-0.4, -0.2) is 5.78 Å². The van der Waals surface area contributed by atoms with Gasteiger partial charge in [-0.3, -0.25) is 4.79 Å². The van der Waals surface area contributed by atoms with Crippen LogP contribution < -0.4 is 0 Å². The zero-order valence-corrected chi connectivity index (χ0v) is 10.0. The Labute approximate surface area is 101 Å². The molecule has 0 amide bonds. The number of benzene rings is 1. The zero-order chi connectivity index (χ0) is 11.7. The molecule has 0 unspecified atom stereocenters. The molecule has 1 heterocycles. The molecular formula is C12H8ClFOS. The highest BCUT2D eigenvalue weighted by atomic mass is 35.5. The molecule has 4 heteroatoms. The van der Waals surface area contributed by atoms with Crippen molar-refractivity contribution in [2.24, 2.45) is 0 Å². The zero-order valence-electron chi connectivity index (χ0n) is 8.46. The molecule has 0 N–H and O–H groups in total. The third-order valence-corrected chi connectivity index (χ3v) is 3.33. The normalized spacial score (nSPS) is 10.4. The second kappa shape index (κ2) is 4.36. The van der Waals surface area contributed by atoms with Crippen molar-refractivity contribution in [3.63, 3.8) is 0 Å². The van der Waals surface area contributed by atoms with E-state index in [1.54, 1.807) is 25.1 Å². The molecule has 2 rings (SSSR count). The summed E-state index contributed by atoms with van der Waals surface area (Å²) in [5, 5.41) is 0. The summed E-state index contributed by atoms with van der Waals surface area (Å²) in [6.45, 7) is 1.75. The van der Waals surface area contributed by atoms with Crippen LogP contribution in [0.25, 0.3) is 0 Å². The van der Waals surface area contributed by atoms with Crippen molar-refractivity contribution >= 4 is 28.7 Å². The van der Waals surface area contributed by atoms with Crippen LogP contribution in [0.3, 0.4) is 0 Å². The fourth-order valence-electron chi connectivity index (χ4n) is 1.45. The lowest BCUT2D eigenvalue weighted by atomic mass is 10.1. The van der Waals surface area contributed by atoms with Gasteiger partial charge in [0.15, 0.2) is 0 Å². The Morgan fingerprint density at radius 2 is 2.06 bits per heavy atom. The van der Waals surface area contributed by atoms with Crippen LogP contribution in [-0.2, 0) is 0 Å². The summed E-state index contributed by atoms with van der Waals surface area (Å²) < 4.78 is 13.7. The molecular weight excluding hydrogens is 247 g/mol. The average Bonchev–Trinajstić information content (AvgIpc) is 2.62. The third kappa shape index (κ3) is 2.31. The van der Waals surface area contributed by atoms with E-state index < -0.39 is 5.82 Å². The van der Waals surface area contributed by atoms with Gasteiger partial charge in [-0.2, -0.15) is 0 Å². The molecule has 0 atom stereocenters. The van der Waals surface area contributed by atoms with Crippen LogP contribution in [0.15, 0.2) is 30.3 Å². The summed E-state index contributed by atoms with van der Waals surface area (Å²) in [5.74, 6) is -0.592. The summed E-state index contributed by atoms with van der Waals surface area (Å²) in [6, 6.07) is 7.60. The summed E-state index contributed by atoms with van der Waals surface area (Å²) in [4.78, 5) is 12.5. The molecule has 16 heavy (non-hydrogen) atoms. The molecule has 1 aromatic carbocycles. The van der Waals surface area contributed by atoms with Crippen molar-refractivity contribution in [2.75, 3.05) is 0 Å². The Balaban J connectivity index is 2.41. The van der Waals surface area contributed by atoms with Crippen molar-refractivity contribution in [1.82, 2.24) is 0 Å². The Kier molecular flexibility index (Phi) is 3.08. The van der Waals surface area contributed by atoms with Crippen LogP contribution >= 0.6 is 22.9 Å². The molecule has 2 aromatic rings. The Hall–Kier alpha value is -1.19. The molecule has 0 aliphatic rings. The lowest BCUT2D eigenvalue weighted by Gasteiger charge is -2.00. The van der Waals surface area contributed by atoms with E-state index in [9.17, 15) is 9.18 Å². The molecule has 0 radical (unpaired) electrons. The minimum Gasteiger partial charge on any atom is -0.288 e. The van der Waals surface area contributed by atoms with Gasteiger partial charge in [-0.25, -0.2) is 4.39 Å². The number of aryl methyl sites for hydroxylation is 1.